The number of thiazole rings is 1. The Morgan fingerprint density at radius 1 is 1.39 bits per heavy atom. The third kappa shape index (κ3) is 4.03. The molecule has 1 N–H and O–H groups in total. The molecular formula is C14H21Cl2N5OS. The Morgan fingerprint density at radius 3 is 2.70 bits per heavy atom. The number of halogens is 2. The van der Waals surface area contributed by atoms with Crippen LogP contribution in [0.25, 0.3) is 0 Å². The average molecular weight is 378 g/mol. The highest BCUT2D eigenvalue weighted by atomic mass is 35.5. The zero-order valence-corrected chi connectivity index (χ0v) is 15.3. The minimum Gasteiger partial charge on any atom is -0.337 e. The third-order valence-corrected chi connectivity index (χ3v) is 4.74. The summed E-state index contributed by atoms with van der Waals surface area (Å²) >= 11 is 1.57. The smallest absolute Gasteiger partial charge is 0.250 e. The lowest BCUT2D eigenvalue weighted by molar-refractivity contribution is -0.142. The predicted octanol–water partition coefficient (Wildman–Crippen LogP) is 1.92. The number of aromatic nitrogens is 3. The largest absolute Gasteiger partial charge is 0.337 e. The van der Waals surface area contributed by atoms with Crippen LogP contribution < -0.4 is 5.32 Å². The molecule has 1 fully saturated rings. The molecule has 9 heteroatoms. The lowest BCUT2D eigenvalue weighted by atomic mass is 9.87. The highest BCUT2D eigenvalue weighted by Gasteiger charge is 2.43. The summed E-state index contributed by atoms with van der Waals surface area (Å²) in [5, 5.41) is 10.5. The molecular weight excluding hydrogens is 357 g/mol. The number of carbonyl (C=O) groups excluding carboxylic acids is 1. The molecule has 3 heterocycles. The number of likely N-dealkylation sites (N-methyl/N-ethyl adjacent to an activating group) is 1. The monoisotopic (exact) mass is 377 g/mol. The van der Waals surface area contributed by atoms with Gasteiger partial charge in [0.05, 0.1) is 6.54 Å². The van der Waals surface area contributed by atoms with Gasteiger partial charge in [0.15, 0.2) is 0 Å². The normalized spacial score (nSPS) is 16.0. The Hall–Kier alpha value is -1.15. The Bertz CT molecular complexity index is 584. The van der Waals surface area contributed by atoms with Crippen LogP contribution in [0.3, 0.4) is 0 Å². The second kappa shape index (κ2) is 8.63. The maximum atomic E-state index is 13.1. The van der Waals surface area contributed by atoms with Gasteiger partial charge in [-0.1, -0.05) is 0 Å². The van der Waals surface area contributed by atoms with Gasteiger partial charge in [-0.25, -0.2) is 4.98 Å². The first-order chi connectivity index (χ1) is 10.2. The summed E-state index contributed by atoms with van der Waals surface area (Å²) in [6.07, 6.45) is 6.91. The molecule has 3 rings (SSSR count). The molecule has 2 aromatic rings. The van der Waals surface area contributed by atoms with Crippen LogP contribution >= 0.6 is 36.2 Å². The molecule has 23 heavy (non-hydrogen) atoms. The topological polar surface area (TPSA) is 63.1 Å². The Kier molecular flexibility index (Phi) is 7.47. The van der Waals surface area contributed by atoms with Crippen LogP contribution in [0, 0.1) is 0 Å². The van der Waals surface area contributed by atoms with Gasteiger partial charge in [-0.05, 0) is 32.0 Å². The second-order valence-electron chi connectivity index (χ2n) is 5.32. The van der Waals surface area contributed by atoms with Gasteiger partial charge < -0.3 is 10.2 Å². The molecule has 1 aliphatic heterocycles. The van der Waals surface area contributed by atoms with Crippen LogP contribution in [0.1, 0.15) is 17.8 Å². The standard InChI is InChI=1S/C14H19N5OS.2ClH/c1-18(11-12-16-8-10-21-12)13(20)14(3-6-15-7-4-14)19-9-2-5-17-19;;/h2,5,8-10,15H,3-4,6-7,11H2,1H3;2*1H. The van der Waals surface area contributed by atoms with Crippen LogP contribution in [0.2, 0.25) is 0 Å². The fraction of sp³-hybridized carbons (Fsp3) is 0.500. The number of nitrogens with zero attached hydrogens (tertiary/aromatic N) is 4. The highest BCUT2D eigenvalue weighted by molar-refractivity contribution is 7.09. The van der Waals surface area contributed by atoms with E-state index in [4.69, 9.17) is 0 Å². The van der Waals surface area contributed by atoms with Crippen molar-refractivity contribution in [1.82, 2.24) is 25.0 Å². The molecule has 0 radical (unpaired) electrons. The molecule has 2 aromatic heterocycles. The summed E-state index contributed by atoms with van der Waals surface area (Å²) in [6, 6.07) is 1.87. The number of carbonyl (C=O) groups is 1. The van der Waals surface area contributed by atoms with Crippen molar-refractivity contribution in [2.24, 2.45) is 0 Å². The number of hydrogen-bond donors (Lipinski definition) is 1. The third-order valence-electron chi connectivity index (χ3n) is 3.97. The summed E-state index contributed by atoms with van der Waals surface area (Å²) in [5.41, 5.74) is -0.569. The molecule has 1 saturated heterocycles. The lowest BCUT2D eigenvalue weighted by Crippen LogP contribution is -2.54. The number of piperidine rings is 1. The van der Waals surface area contributed by atoms with Crippen molar-refractivity contribution in [2.75, 3.05) is 20.1 Å². The molecule has 128 valence electrons. The average Bonchev–Trinajstić information content (AvgIpc) is 3.20. The van der Waals surface area contributed by atoms with Gasteiger partial charge in [-0.3, -0.25) is 9.48 Å². The zero-order chi connectivity index (χ0) is 14.7. The maximum absolute atomic E-state index is 13.1. The summed E-state index contributed by atoms with van der Waals surface area (Å²) in [6.45, 7) is 2.21. The molecule has 0 aromatic carbocycles. The van der Waals surface area contributed by atoms with Crippen LogP contribution in [0.5, 0.6) is 0 Å². The Balaban J connectivity index is 0.00000132. The van der Waals surface area contributed by atoms with Crippen molar-refractivity contribution >= 4 is 42.1 Å². The summed E-state index contributed by atoms with van der Waals surface area (Å²) in [7, 11) is 1.84. The van der Waals surface area contributed by atoms with E-state index in [1.807, 2.05) is 29.4 Å². The SMILES string of the molecule is CN(Cc1nccs1)C(=O)C1(n2cccn2)CCNCC1.Cl.Cl. The number of rotatable bonds is 4. The van der Waals surface area contributed by atoms with Gasteiger partial charge in [0, 0.05) is 31.0 Å². The second-order valence-corrected chi connectivity index (χ2v) is 6.30. The van der Waals surface area contributed by atoms with E-state index in [1.54, 1.807) is 28.6 Å². The van der Waals surface area contributed by atoms with E-state index >= 15 is 0 Å². The quantitative estimate of drug-likeness (QED) is 0.883. The molecule has 1 aliphatic rings. The van der Waals surface area contributed by atoms with Crippen LogP contribution in [-0.2, 0) is 16.9 Å². The van der Waals surface area contributed by atoms with Crippen LogP contribution in [0.15, 0.2) is 30.0 Å². The van der Waals surface area contributed by atoms with Gasteiger partial charge in [0.25, 0.3) is 5.91 Å². The minimum absolute atomic E-state index is 0. The summed E-state index contributed by atoms with van der Waals surface area (Å²) in [4.78, 5) is 19.1. The first kappa shape index (κ1) is 19.9. The molecule has 0 bridgehead atoms. The van der Waals surface area contributed by atoms with E-state index in [2.05, 4.69) is 15.4 Å². The van der Waals surface area contributed by atoms with E-state index in [-0.39, 0.29) is 30.7 Å². The Morgan fingerprint density at radius 2 is 2.13 bits per heavy atom. The van der Waals surface area contributed by atoms with E-state index in [9.17, 15) is 4.79 Å². The number of amides is 1. The molecule has 6 nitrogen and oxygen atoms in total. The highest BCUT2D eigenvalue weighted by Crippen LogP contribution is 2.29. The molecule has 0 atom stereocenters. The molecule has 1 amide bonds. The van der Waals surface area contributed by atoms with Crippen molar-refractivity contribution in [1.29, 1.82) is 0 Å². The first-order valence-electron chi connectivity index (χ1n) is 7.07. The van der Waals surface area contributed by atoms with Crippen molar-refractivity contribution in [2.45, 2.75) is 24.9 Å². The van der Waals surface area contributed by atoms with E-state index in [0.29, 0.717) is 6.54 Å². The van der Waals surface area contributed by atoms with Crippen molar-refractivity contribution < 1.29 is 4.79 Å². The van der Waals surface area contributed by atoms with Crippen molar-refractivity contribution in [3.63, 3.8) is 0 Å². The zero-order valence-electron chi connectivity index (χ0n) is 12.8. The number of nitrogens with one attached hydrogen (secondary N) is 1. The predicted molar refractivity (Wildman–Crippen MR) is 95.4 cm³/mol. The molecule has 0 aliphatic carbocycles. The summed E-state index contributed by atoms with van der Waals surface area (Å²) in [5.74, 6) is 0.114. The van der Waals surface area contributed by atoms with Gasteiger partial charge >= 0.3 is 0 Å². The Labute approximate surface area is 152 Å². The van der Waals surface area contributed by atoms with Gasteiger partial charge in [0.2, 0.25) is 0 Å². The molecule has 0 saturated carbocycles. The number of hydrogen-bond acceptors (Lipinski definition) is 5. The van der Waals surface area contributed by atoms with E-state index in [0.717, 1.165) is 30.9 Å². The molecule has 0 unspecified atom stereocenters. The van der Waals surface area contributed by atoms with Gasteiger partial charge in [-0.2, -0.15) is 5.10 Å². The lowest BCUT2D eigenvalue weighted by Gasteiger charge is -2.39. The van der Waals surface area contributed by atoms with E-state index < -0.39 is 5.54 Å². The maximum Gasteiger partial charge on any atom is 0.250 e. The fourth-order valence-corrected chi connectivity index (χ4v) is 3.53. The van der Waals surface area contributed by atoms with Crippen molar-refractivity contribution in [3.05, 3.63) is 35.0 Å². The fourth-order valence-electron chi connectivity index (χ4n) is 2.86. The minimum atomic E-state index is -0.569. The first-order valence-corrected chi connectivity index (χ1v) is 7.95. The van der Waals surface area contributed by atoms with Crippen molar-refractivity contribution in [3.8, 4) is 0 Å². The van der Waals surface area contributed by atoms with E-state index in [1.165, 1.54) is 0 Å². The van der Waals surface area contributed by atoms with Crippen LogP contribution in [0.4, 0.5) is 0 Å². The molecule has 0 spiro atoms. The van der Waals surface area contributed by atoms with Gasteiger partial charge in [0.1, 0.15) is 10.5 Å². The summed E-state index contributed by atoms with van der Waals surface area (Å²) < 4.78 is 1.83. The van der Waals surface area contributed by atoms with Crippen LogP contribution in [-0.4, -0.2) is 45.7 Å². The van der Waals surface area contributed by atoms with Gasteiger partial charge in [-0.15, -0.1) is 36.2 Å².